The molecule has 1 N–H and O–H groups in total. The molecule has 0 saturated heterocycles. The van der Waals surface area contributed by atoms with E-state index in [-0.39, 0.29) is 12.5 Å². The third kappa shape index (κ3) is 3.61. The van der Waals surface area contributed by atoms with E-state index >= 15 is 0 Å². The van der Waals surface area contributed by atoms with Crippen molar-refractivity contribution in [1.82, 2.24) is 10.1 Å². The van der Waals surface area contributed by atoms with E-state index in [2.05, 4.69) is 15.5 Å². The van der Waals surface area contributed by atoms with Gasteiger partial charge in [0.2, 0.25) is 0 Å². The quantitative estimate of drug-likeness (QED) is 0.514. The molecule has 0 unspecified atom stereocenters. The van der Waals surface area contributed by atoms with E-state index in [4.69, 9.17) is 9.26 Å². The minimum Gasteiger partial charge on any atom is -0.488 e. The number of rotatable bonds is 5. The molecule has 0 saturated carbocycles. The van der Waals surface area contributed by atoms with Gasteiger partial charge >= 0.3 is 0 Å². The molecule has 0 radical (unpaired) electrons. The maximum Gasteiger partial charge on any atom is 0.259 e. The van der Waals surface area contributed by atoms with Crippen molar-refractivity contribution in [3.05, 3.63) is 70.1 Å². The molecule has 7 heteroatoms. The van der Waals surface area contributed by atoms with Gasteiger partial charge in [-0.1, -0.05) is 17.3 Å². The van der Waals surface area contributed by atoms with Crippen LogP contribution in [0.3, 0.4) is 0 Å². The number of ether oxygens (including phenoxy) is 1. The Morgan fingerprint density at radius 1 is 1.18 bits per heavy atom. The number of nitrogens with one attached hydrogen (secondary N) is 1. The summed E-state index contributed by atoms with van der Waals surface area (Å²) in [6, 6.07) is 12.9. The lowest BCUT2D eigenvalue weighted by Gasteiger charge is -2.12. The number of aryl methyl sites for hydroxylation is 3. The Morgan fingerprint density at radius 2 is 2.00 bits per heavy atom. The summed E-state index contributed by atoms with van der Waals surface area (Å²) in [5.74, 6) is 0.997. The molecule has 0 fully saturated rings. The van der Waals surface area contributed by atoms with E-state index in [1.807, 2.05) is 51.1 Å². The van der Waals surface area contributed by atoms with Crippen molar-refractivity contribution in [2.24, 2.45) is 0 Å². The lowest BCUT2D eigenvalue weighted by atomic mass is 10.1. The Bertz CT molecular complexity index is 1140. The van der Waals surface area contributed by atoms with E-state index in [0.29, 0.717) is 17.1 Å². The van der Waals surface area contributed by atoms with Crippen LogP contribution in [0.15, 0.2) is 47.0 Å². The predicted octanol–water partition coefficient (Wildman–Crippen LogP) is 5.04. The van der Waals surface area contributed by atoms with Crippen molar-refractivity contribution in [3.63, 3.8) is 0 Å². The second kappa shape index (κ2) is 7.44. The minimum atomic E-state index is -0.227. The number of fused-ring (bicyclic) bond motifs is 1. The summed E-state index contributed by atoms with van der Waals surface area (Å²) in [7, 11) is 0. The lowest BCUT2D eigenvalue weighted by molar-refractivity contribution is 0.102. The summed E-state index contributed by atoms with van der Waals surface area (Å²) in [6.45, 7) is 5.97. The van der Waals surface area contributed by atoms with Crippen molar-refractivity contribution in [3.8, 4) is 5.75 Å². The Labute approximate surface area is 166 Å². The van der Waals surface area contributed by atoms with Crippen LogP contribution in [0.4, 0.5) is 5.69 Å². The Kier molecular flexibility index (Phi) is 4.83. The number of aromatic nitrogens is 2. The van der Waals surface area contributed by atoms with Crippen molar-refractivity contribution in [2.75, 3.05) is 5.32 Å². The summed E-state index contributed by atoms with van der Waals surface area (Å²) in [5.41, 5.74) is 3.80. The summed E-state index contributed by atoms with van der Waals surface area (Å²) >= 11 is 1.60. The number of anilines is 1. The summed E-state index contributed by atoms with van der Waals surface area (Å²) in [6.07, 6.45) is 0. The van der Waals surface area contributed by atoms with Crippen molar-refractivity contribution >= 4 is 33.1 Å². The van der Waals surface area contributed by atoms with Crippen LogP contribution in [0.5, 0.6) is 5.75 Å². The highest BCUT2D eigenvalue weighted by molar-refractivity contribution is 7.18. The monoisotopic (exact) mass is 393 g/mol. The predicted molar refractivity (Wildman–Crippen MR) is 109 cm³/mol. The van der Waals surface area contributed by atoms with E-state index in [1.54, 1.807) is 23.5 Å². The topological polar surface area (TPSA) is 77.2 Å². The molecule has 6 nitrogen and oxygen atoms in total. The molecule has 0 aliphatic rings. The van der Waals surface area contributed by atoms with Gasteiger partial charge in [-0.3, -0.25) is 4.79 Å². The number of carbonyl (C=O) groups excluding carboxylic acids is 1. The average molecular weight is 393 g/mol. The maximum atomic E-state index is 12.8. The number of amides is 1. The average Bonchev–Trinajstić information content (AvgIpc) is 3.20. The maximum absolute atomic E-state index is 12.8. The number of benzene rings is 2. The van der Waals surface area contributed by atoms with E-state index in [0.717, 1.165) is 32.2 Å². The Morgan fingerprint density at radius 3 is 2.79 bits per heavy atom. The second-order valence-electron chi connectivity index (χ2n) is 6.46. The molecule has 0 bridgehead atoms. The highest BCUT2D eigenvalue weighted by Gasteiger charge is 2.15. The highest BCUT2D eigenvalue weighted by Crippen LogP contribution is 2.26. The van der Waals surface area contributed by atoms with Gasteiger partial charge in [0, 0.05) is 5.69 Å². The fraction of sp³-hybridized carbons (Fsp3) is 0.190. The van der Waals surface area contributed by atoms with Gasteiger partial charge in [-0.05, 0) is 51.1 Å². The van der Waals surface area contributed by atoms with Crippen LogP contribution in [0.2, 0.25) is 0 Å². The number of thiazole rings is 1. The fourth-order valence-electron chi connectivity index (χ4n) is 2.95. The molecule has 2 heterocycles. The summed E-state index contributed by atoms with van der Waals surface area (Å²) in [5, 5.41) is 7.87. The third-order valence-electron chi connectivity index (χ3n) is 4.44. The first-order valence-electron chi connectivity index (χ1n) is 8.83. The van der Waals surface area contributed by atoms with Crippen LogP contribution in [-0.4, -0.2) is 16.0 Å². The Hall–Kier alpha value is -3.19. The van der Waals surface area contributed by atoms with Crippen LogP contribution in [0.1, 0.15) is 32.4 Å². The van der Waals surface area contributed by atoms with Gasteiger partial charge in [0.1, 0.15) is 18.1 Å². The molecule has 4 aromatic rings. The number of carbonyl (C=O) groups is 1. The minimum absolute atomic E-state index is 0.227. The molecule has 0 spiro atoms. The zero-order valence-corrected chi connectivity index (χ0v) is 16.6. The first kappa shape index (κ1) is 18.2. The molecule has 142 valence electrons. The van der Waals surface area contributed by atoms with Gasteiger partial charge in [-0.2, -0.15) is 0 Å². The number of para-hydroxylation sites is 1. The van der Waals surface area contributed by atoms with Crippen LogP contribution in [0, 0.1) is 20.8 Å². The molecule has 0 aliphatic carbocycles. The Balaban J connectivity index is 1.53. The van der Waals surface area contributed by atoms with Gasteiger partial charge in [0.25, 0.3) is 5.91 Å². The molecule has 2 aromatic carbocycles. The first-order valence-corrected chi connectivity index (χ1v) is 9.65. The molecular weight excluding hydrogens is 374 g/mol. The summed E-state index contributed by atoms with van der Waals surface area (Å²) < 4.78 is 12.1. The normalized spacial score (nSPS) is 11.0. The molecule has 28 heavy (non-hydrogen) atoms. The van der Waals surface area contributed by atoms with Crippen molar-refractivity contribution < 1.29 is 14.1 Å². The number of hydrogen-bond acceptors (Lipinski definition) is 6. The number of nitrogens with zero attached hydrogens (tertiary/aromatic N) is 2. The van der Waals surface area contributed by atoms with Gasteiger partial charge in [-0.15, -0.1) is 11.3 Å². The van der Waals surface area contributed by atoms with Gasteiger partial charge in [0.05, 0.1) is 32.0 Å². The molecule has 1 amide bonds. The fourth-order valence-corrected chi connectivity index (χ4v) is 3.82. The second-order valence-corrected chi connectivity index (χ2v) is 7.69. The molecule has 4 rings (SSSR count). The van der Waals surface area contributed by atoms with Crippen molar-refractivity contribution in [2.45, 2.75) is 27.4 Å². The first-order chi connectivity index (χ1) is 13.5. The SMILES string of the molecule is Cc1nc2ccc(NC(=O)c3ccccc3OCc3c(C)noc3C)cc2s1. The van der Waals surface area contributed by atoms with Crippen LogP contribution >= 0.6 is 11.3 Å². The number of hydrogen-bond donors (Lipinski definition) is 1. The molecule has 0 atom stereocenters. The zero-order chi connectivity index (χ0) is 19.7. The third-order valence-corrected chi connectivity index (χ3v) is 5.37. The lowest BCUT2D eigenvalue weighted by Crippen LogP contribution is -2.13. The smallest absolute Gasteiger partial charge is 0.259 e. The highest BCUT2D eigenvalue weighted by atomic mass is 32.1. The van der Waals surface area contributed by atoms with E-state index in [9.17, 15) is 4.79 Å². The van der Waals surface area contributed by atoms with Gasteiger partial charge < -0.3 is 14.6 Å². The van der Waals surface area contributed by atoms with Crippen LogP contribution in [0.25, 0.3) is 10.2 Å². The van der Waals surface area contributed by atoms with Gasteiger partial charge in [0.15, 0.2) is 0 Å². The standard InChI is InChI=1S/C21H19N3O3S/c1-12-17(13(2)27-24-12)11-26-19-7-5-4-6-16(19)21(25)23-15-8-9-18-20(10-15)28-14(3)22-18/h4-10H,11H2,1-3H3,(H,23,25). The van der Waals surface area contributed by atoms with Crippen molar-refractivity contribution in [1.29, 1.82) is 0 Å². The van der Waals surface area contributed by atoms with Crippen LogP contribution < -0.4 is 10.1 Å². The van der Waals surface area contributed by atoms with E-state index < -0.39 is 0 Å². The largest absolute Gasteiger partial charge is 0.488 e. The van der Waals surface area contributed by atoms with Gasteiger partial charge in [-0.25, -0.2) is 4.98 Å². The molecule has 0 aliphatic heterocycles. The van der Waals surface area contributed by atoms with E-state index in [1.165, 1.54) is 0 Å². The zero-order valence-electron chi connectivity index (χ0n) is 15.8. The molecular formula is C21H19N3O3S. The van der Waals surface area contributed by atoms with Crippen LogP contribution in [-0.2, 0) is 6.61 Å². The summed E-state index contributed by atoms with van der Waals surface area (Å²) in [4.78, 5) is 17.3. The molecule has 2 aromatic heterocycles.